The van der Waals surface area contributed by atoms with E-state index < -0.39 is 15.4 Å². The van der Waals surface area contributed by atoms with Crippen LogP contribution in [-0.2, 0) is 9.08 Å². The van der Waals surface area contributed by atoms with Gasteiger partial charge in [-0.05, 0) is 62.8 Å². The third-order valence-electron chi connectivity index (χ3n) is 9.09. The van der Waals surface area contributed by atoms with Gasteiger partial charge in [-0.15, -0.1) is 0 Å². The van der Waals surface area contributed by atoms with Gasteiger partial charge in [0, 0.05) is 11.7 Å². The lowest BCUT2D eigenvalue weighted by atomic mass is 9.78. The highest BCUT2D eigenvalue weighted by molar-refractivity contribution is 6.99. The van der Waals surface area contributed by atoms with Crippen LogP contribution in [0.25, 0.3) is 16.8 Å². The van der Waals surface area contributed by atoms with Gasteiger partial charge in [-0.1, -0.05) is 149 Å². The van der Waals surface area contributed by atoms with E-state index in [-0.39, 0.29) is 11.1 Å². The van der Waals surface area contributed by atoms with Crippen LogP contribution in [0.15, 0.2) is 126 Å². The van der Waals surface area contributed by atoms with Crippen molar-refractivity contribution < 1.29 is 19.2 Å². The van der Waals surface area contributed by atoms with Crippen molar-refractivity contribution in [3.8, 4) is 5.75 Å². The third-order valence-corrected chi connectivity index (χ3v) is 14.1. The van der Waals surface area contributed by atoms with E-state index >= 15 is 0 Å². The van der Waals surface area contributed by atoms with Crippen molar-refractivity contribution in [3.05, 3.63) is 132 Å². The Labute approximate surface area is 276 Å². The average molecular weight is 631 g/mol. The van der Waals surface area contributed by atoms with E-state index in [1.54, 1.807) is 6.07 Å². The minimum Gasteiger partial charge on any atom is -0.507 e. The molecule has 0 fully saturated rings. The Morgan fingerprint density at radius 1 is 0.913 bits per heavy atom. The van der Waals surface area contributed by atoms with Crippen LogP contribution in [0.4, 0.5) is 0 Å². The quantitative estimate of drug-likeness (QED) is 0.154. The smallest absolute Gasteiger partial charge is 0.458 e. The van der Waals surface area contributed by atoms with E-state index in [9.17, 15) is 10.1 Å². The third kappa shape index (κ3) is 7.31. The molecule has 1 aliphatic rings. The summed E-state index contributed by atoms with van der Waals surface area (Å²) in [7, 11) is -3.57. The van der Waals surface area contributed by atoms with Gasteiger partial charge in [0.1, 0.15) is 5.75 Å². The van der Waals surface area contributed by atoms with Crippen molar-refractivity contribution >= 4 is 42.7 Å². The molecule has 6 heteroatoms. The number of benzene rings is 4. The van der Waals surface area contributed by atoms with E-state index in [1.165, 1.54) is 15.9 Å². The summed E-state index contributed by atoms with van der Waals surface area (Å²) in [4.78, 5) is 0. The number of hydrogen-bond acceptors (Lipinski definition) is 4. The van der Waals surface area contributed by atoms with Crippen molar-refractivity contribution in [1.29, 1.82) is 0 Å². The minimum atomic E-state index is -2.73. The molecule has 4 nitrogen and oxygen atoms in total. The molecule has 2 N–H and O–H groups in total. The number of aromatic hydroxyl groups is 1. The monoisotopic (exact) mass is 630 g/mol. The summed E-state index contributed by atoms with van der Waals surface area (Å²) >= 11 is 0. The number of rotatable bonds is 12. The van der Waals surface area contributed by atoms with Gasteiger partial charge < -0.3 is 19.2 Å². The van der Waals surface area contributed by atoms with E-state index in [4.69, 9.17) is 9.08 Å². The lowest BCUT2D eigenvalue weighted by molar-refractivity contribution is 0.180. The first-order valence-electron chi connectivity index (χ1n) is 16.5. The van der Waals surface area contributed by atoms with Gasteiger partial charge in [0.05, 0.1) is 12.7 Å². The molecule has 4 aromatic carbocycles. The van der Waals surface area contributed by atoms with Gasteiger partial charge >= 0.3 is 7.12 Å². The Morgan fingerprint density at radius 3 is 2.13 bits per heavy atom. The Morgan fingerprint density at radius 2 is 1.52 bits per heavy atom. The van der Waals surface area contributed by atoms with Crippen LogP contribution in [0.2, 0.25) is 11.4 Å². The van der Waals surface area contributed by atoms with Gasteiger partial charge in [-0.2, -0.15) is 0 Å². The molecule has 0 aromatic heterocycles. The summed E-state index contributed by atoms with van der Waals surface area (Å²) in [5, 5.41) is 25.2. The number of phenols is 1. The maximum atomic E-state index is 10.5. The molecule has 0 spiro atoms. The molecular weight excluding hydrogens is 583 g/mol. The summed E-state index contributed by atoms with van der Waals surface area (Å²) in [6, 6.07) is 33.0. The predicted molar refractivity (Wildman–Crippen MR) is 196 cm³/mol. The fourth-order valence-electron chi connectivity index (χ4n) is 6.87. The molecule has 0 bridgehead atoms. The molecule has 1 heterocycles. The fourth-order valence-corrected chi connectivity index (χ4v) is 11.4. The molecule has 1 unspecified atom stereocenters. The molecular formula is C40H47BO4Si. The molecule has 1 aliphatic heterocycles. The minimum absolute atomic E-state index is 0.138. The van der Waals surface area contributed by atoms with Gasteiger partial charge in [-0.3, -0.25) is 0 Å². The lowest BCUT2D eigenvalue weighted by Crippen LogP contribution is -2.66. The first kappa shape index (κ1) is 33.7. The maximum absolute atomic E-state index is 10.5. The molecule has 238 valence electrons. The summed E-state index contributed by atoms with van der Waals surface area (Å²) in [6.45, 7) is 13.9. The lowest BCUT2D eigenvalue weighted by Gasteiger charge is -2.43. The maximum Gasteiger partial charge on any atom is 0.458 e. The molecule has 0 amide bonds. The first-order chi connectivity index (χ1) is 22.1. The summed E-state index contributed by atoms with van der Waals surface area (Å²) < 4.78 is 13.4. The first-order valence-corrected chi connectivity index (χ1v) is 18.4. The van der Waals surface area contributed by atoms with Gasteiger partial charge in [-0.25, -0.2) is 0 Å². The van der Waals surface area contributed by atoms with Crippen molar-refractivity contribution in [3.63, 3.8) is 0 Å². The predicted octanol–water partition coefficient (Wildman–Crippen LogP) is 8.45. The van der Waals surface area contributed by atoms with Crippen LogP contribution in [-0.4, -0.2) is 38.3 Å². The summed E-state index contributed by atoms with van der Waals surface area (Å²) in [6.07, 6.45) is 8.03. The van der Waals surface area contributed by atoms with Gasteiger partial charge in [0.15, 0.2) is 0 Å². The summed E-state index contributed by atoms with van der Waals surface area (Å²) in [5.41, 5.74) is 4.33. The van der Waals surface area contributed by atoms with Crippen LogP contribution < -0.4 is 10.4 Å². The van der Waals surface area contributed by atoms with Crippen molar-refractivity contribution in [2.24, 2.45) is 0 Å². The normalized spacial score (nSPS) is 16.0. The van der Waals surface area contributed by atoms with Gasteiger partial charge in [0.2, 0.25) is 0 Å². The molecule has 4 aromatic rings. The highest BCUT2D eigenvalue weighted by Gasteiger charge is 2.50. The Kier molecular flexibility index (Phi) is 10.9. The van der Waals surface area contributed by atoms with Crippen LogP contribution in [0.3, 0.4) is 0 Å². The zero-order valence-corrected chi connectivity index (χ0v) is 28.7. The molecule has 5 rings (SSSR count). The Balaban J connectivity index is 1.39. The van der Waals surface area contributed by atoms with Crippen LogP contribution in [0, 0.1) is 0 Å². The van der Waals surface area contributed by atoms with Crippen molar-refractivity contribution in [2.75, 3.05) is 6.61 Å². The molecule has 0 saturated carbocycles. The molecule has 1 atom stereocenters. The SMILES string of the molecule is C=C(CO[Si](c1ccccc1)(c1ccccc1)C(C)(C)C)C1=CCB(O)OC1CC/C(=C/c1ccc(O)c2ccccc12)CCC. The number of allylic oxidation sites excluding steroid dienone is 2. The number of fused-ring (bicyclic) bond motifs is 1. The molecule has 0 aliphatic carbocycles. The second-order valence-electron chi connectivity index (χ2n) is 13.3. The number of hydrogen-bond donors (Lipinski definition) is 2. The second kappa shape index (κ2) is 14.8. The van der Waals surface area contributed by atoms with E-state index in [2.05, 4.69) is 113 Å². The standard InChI is InChI=1S/C40H47BO4Si/c1-6-15-31(28-32-23-24-38(42)37-21-14-13-20-36(32)37)22-25-39-35(26-27-41(43)45-39)30(2)29-44-46(40(3,4)5,33-16-9-7-10-17-33)34-18-11-8-12-19-34/h7-14,16-21,23-24,26,28,39,42-43H,2,6,15,22,25,27,29H2,1,3-5H3/b31-28+. The Hall–Kier alpha value is -3.68. The molecule has 0 radical (unpaired) electrons. The topological polar surface area (TPSA) is 58.9 Å². The van der Waals surface area contributed by atoms with Gasteiger partial charge in [0.25, 0.3) is 8.32 Å². The van der Waals surface area contributed by atoms with Crippen LogP contribution in [0.5, 0.6) is 5.75 Å². The summed E-state index contributed by atoms with van der Waals surface area (Å²) in [5.74, 6) is 0.294. The van der Waals surface area contributed by atoms with Crippen LogP contribution >= 0.6 is 0 Å². The van der Waals surface area contributed by atoms with Crippen LogP contribution in [0.1, 0.15) is 58.9 Å². The highest BCUT2D eigenvalue weighted by Crippen LogP contribution is 2.38. The zero-order valence-electron chi connectivity index (χ0n) is 27.7. The Bertz CT molecular complexity index is 1650. The van der Waals surface area contributed by atoms with Crippen molar-refractivity contribution in [2.45, 2.75) is 70.8 Å². The zero-order chi connectivity index (χ0) is 32.7. The number of phenolic OH excluding ortho intramolecular Hbond substituents is 1. The highest BCUT2D eigenvalue weighted by atomic mass is 28.4. The van der Waals surface area contributed by atoms with E-state index in [1.807, 2.05) is 24.3 Å². The van der Waals surface area contributed by atoms with Crippen molar-refractivity contribution in [1.82, 2.24) is 0 Å². The molecule has 46 heavy (non-hydrogen) atoms. The largest absolute Gasteiger partial charge is 0.507 e. The fraction of sp³-hybridized carbons (Fsp3) is 0.300. The average Bonchev–Trinajstić information content (AvgIpc) is 3.05. The van der Waals surface area contributed by atoms with E-state index in [0.717, 1.165) is 53.2 Å². The molecule has 0 saturated heterocycles. The second-order valence-corrected chi connectivity index (χ2v) is 17.6. The van der Waals surface area contributed by atoms with E-state index in [0.29, 0.717) is 18.7 Å².